The molecule has 0 saturated carbocycles. The van der Waals surface area contributed by atoms with Crippen molar-refractivity contribution in [2.24, 2.45) is 0 Å². The van der Waals surface area contributed by atoms with E-state index < -0.39 is 17.3 Å². The zero-order valence-corrected chi connectivity index (χ0v) is 22.0. The van der Waals surface area contributed by atoms with Crippen LogP contribution in [0.25, 0.3) is 16.8 Å². The first-order chi connectivity index (χ1) is 18.6. The Morgan fingerprint density at radius 2 is 1.72 bits per heavy atom. The number of benzene rings is 2. The zero-order chi connectivity index (χ0) is 27.9. The van der Waals surface area contributed by atoms with Gasteiger partial charge in [-0.15, -0.1) is 0 Å². The molecule has 0 bridgehead atoms. The molecule has 1 aliphatic carbocycles. The van der Waals surface area contributed by atoms with E-state index in [-0.39, 0.29) is 17.6 Å². The van der Waals surface area contributed by atoms with E-state index in [1.54, 1.807) is 18.2 Å². The van der Waals surface area contributed by atoms with Crippen molar-refractivity contribution in [1.82, 2.24) is 9.88 Å². The molecule has 1 aliphatic heterocycles. The molecule has 1 atom stereocenters. The number of carbonyl (C=O) groups excluding carboxylic acids is 1. The van der Waals surface area contributed by atoms with E-state index in [1.807, 2.05) is 4.90 Å². The Balaban J connectivity index is 1.68. The van der Waals surface area contributed by atoms with Crippen LogP contribution in [0.1, 0.15) is 36.5 Å². The van der Waals surface area contributed by atoms with E-state index in [0.717, 1.165) is 22.6 Å². The van der Waals surface area contributed by atoms with Gasteiger partial charge in [-0.25, -0.2) is 0 Å². The predicted molar refractivity (Wildman–Crippen MR) is 142 cm³/mol. The Morgan fingerprint density at radius 3 is 2.36 bits per heavy atom. The number of rotatable bonds is 6. The molecule has 5 rings (SSSR count). The molecule has 10 heteroatoms. The van der Waals surface area contributed by atoms with Crippen LogP contribution < -0.4 is 25.2 Å². The number of carbonyl (C=O) groups is 1. The monoisotopic (exact) mass is 541 g/mol. The highest BCUT2D eigenvalue weighted by Gasteiger charge is 2.36. The van der Waals surface area contributed by atoms with Gasteiger partial charge in [0.05, 0.1) is 25.5 Å². The Bertz CT molecular complexity index is 1460. The number of methoxy groups -OCH3 is 2. The number of aromatic nitrogens is 1. The van der Waals surface area contributed by atoms with Crippen LogP contribution in [0, 0.1) is 0 Å². The average Bonchev–Trinajstić information content (AvgIpc) is 3.58. The minimum absolute atomic E-state index is 0.0920. The lowest BCUT2D eigenvalue weighted by atomic mass is 9.98. The number of fused-ring (bicyclic) bond motifs is 1. The summed E-state index contributed by atoms with van der Waals surface area (Å²) in [6.45, 7) is 2.48. The first-order valence-electron chi connectivity index (χ1n) is 12.8. The van der Waals surface area contributed by atoms with Crippen molar-refractivity contribution < 1.29 is 27.4 Å². The summed E-state index contributed by atoms with van der Waals surface area (Å²) in [5, 5.41) is 2.87. The van der Waals surface area contributed by atoms with Crippen LogP contribution in [0.5, 0.6) is 11.5 Å². The third kappa shape index (κ3) is 5.20. The Kier molecular flexibility index (Phi) is 7.05. The van der Waals surface area contributed by atoms with E-state index in [0.29, 0.717) is 66.2 Å². The van der Waals surface area contributed by atoms with Crippen molar-refractivity contribution in [2.75, 3.05) is 32.2 Å². The molecule has 1 fully saturated rings. The number of halogens is 3. The van der Waals surface area contributed by atoms with Crippen molar-refractivity contribution in [3.63, 3.8) is 0 Å². The van der Waals surface area contributed by atoms with E-state index >= 15 is 0 Å². The molecule has 0 unspecified atom stereocenters. The summed E-state index contributed by atoms with van der Waals surface area (Å²) >= 11 is 0. The highest BCUT2D eigenvalue weighted by atomic mass is 19.4. The fraction of sp³-hybridized carbons (Fsp3) is 0.379. The molecule has 206 valence electrons. The number of amides is 1. The van der Waals surface area contributed by atoms with Gasteiger partial charge in [-0.05, 0) is 67.1 Å². The van der Waals surface area contributed by atoms with Crippen LogP contribution in [0.2, 0.25) is 0 Å². The molecule has 2 aromatic carbocycles. The summed E-state index contributed by atoms with van der Waals surface area (Å²) in [6.07, 6.45) is -0.586. The number of anilines is 1. The van der Waals surface area contributed by atoms with Crippen LogP contribution in [0.4, 0.5) is 18.9 Å². The molecular formula is C29H30F3N3O4. The number of nitrogens with zero attached hydrogens (tertiary/aromatic N) is 2. The number of hydrogen-bond acceptors (Lipinski definition) is 5. The molecule has 0 spiro atoms. The standard InChI is InChI=1S/C29H30F3N3O4/c1-17(36)33-19-9-10-34(15-19)20-7-8-26(29(30,31)32)27(13-20)35-16-25(23-5-4-6-24(23)28(35)37)18-11-21(38-2)14-22(12-18)39-3/h7-8,11-14,16,19H,4-6,9-10,15H2,1-3H3,(H,33,36)/t19-/m1/s1. The molecule has 2 aliphatic rings. The second-order valence-electron chi connectivity index (χ2n) is 9.96. The molecule has 7 nitrogen and oxygen atoms in total. The smallest absolute Gasteiger partial charge is 0.418 e. The molecule has 1 saturated heterocycles. The first kappa shape index (κ1) is 26.6. The lowest BCUT2D eigenvalue weighted by Gasteiger charge is -2.23. The van der Waals surface area contributed by atoms with Crippen LogP contribution in [0.3, 0.4) is 0 Å². The molecule has 39 heavy (non-hydrogen) atoms. The quantitative estimate of drug-likeness (QED) is 0.488. The number of pyridine rings is 1. The van der Waals surface area contributed by atoms with Crippen molar-refractivity contribution in [2.45, 2.75) is 44.8 Å². The van der Waals surface area contributed by atoms with Gasteiger partial charge < -0.3 is 19.7 Å². The lowest BCUT2D eigenvalue weighted by molar-refractivity contribution is -0.137. The van der Waals surface area contributed by atoms with E-state index in [2.05, 4.69) is 5.32 Å². The van der Waals surface area contributed by atoms with Crippen LogP contribution >= 0.6 is 0 Å². The fourth-order valence-corrected chi connectivity index (χ4v) is 5.63. The van der Waals surface area contributed by atoms with Crippen molar-refractivity contribution >= 4 is 11.6 Å². The molecule has 3 aromatic rings. The van der Waals surface area contributed by atoms with Gasteiger partial charge in [0.2, 0.25) is 5.91 Å². The van der Waals surface area contributed by atoms with Gasteiger partial charge in [0.1, 0.15) is 11.5 Å². The Morgan fingerprint density at radius 1 is 1.03 bits per heavy atom. The molecule has 1 amide bonds. The first-order valence-corrected chi connectivity index (χ1v) is 12.8. The molecular weight excluding hydrogens is 511 g/mol. The second-order valence-corrected chi connectivity index (χ2v) is 9.96. The Hall–Kier alpha value is -3.95. The van der Waals surface area contributed by atoms with Gasteiger partial charge in [-0.3, -0.25) is 14.2 Å². The fourth-order valence-electron chi connectivity index (χ4n) is 5.63. The van der Waals surface area contributed by atoms with Gasteiger partial charge >= 0.3 is 6.18 Å². The summed E-state index contributed by atoms with van der Waals surface area (Å²) < 4.78 is 54.8. The molecule has 2 heterocycles. The van der Waals surface area contributed by atoms with Crippen molar-refractivity contribution in [3.05, 3.63) is 69.6 Å². The minimum atomic E-state index is -4.67. The van der Waals surface area contributed by atoms with E-state index in [9.17, 15) is 22.8 Å². The SMILES string of the molecule is COc1cc(OC)cc(-c2cn(-c3cc(N4CC[C@@H](NC(C)=O)C4)ccc3C(F)(F)F)c(=O)c3c2CCC3)c1. The summed E-state index contributed by atoms with van der Waals surface area (Å²) in [6, 6.07) is 9.09. The van der Waals surface area contributed by atoms with Gasteiger partial charge in [0.15, 0.2) is 0 Å². The highest BCUT2D eigenvalue weighted by molar-refractivity contribution is 5.74. The maximum Gasteiger partial charge on any atom is 0.418 e. The van der Waals surface area contributed by atoms with Gasteiger partial charge in [-0.2, -0.15) is 13.2 Å². The number of alkyl halides is 3. The van der Waals surface area contributed by atoms with Gasteiger partial charge in [0, 0.05) is 55.1 Å². The minimum Gasteiger partial charge on any atom is -0.497 e. The summed E-state index contributed by atoms with van der Waals surface area (Å²) in [5.41, 5.74) is 1.74. The zero-order valence-electron chi connectivity index (χ0n) is 22.0. The lowest BCUT2D eigenvalue weighted by Crippen LogP contribution is -2.35. The highest BCUT2D eigenvalue weighted by Crippen LogP contribution is 2.39. The van der Waals surface area contributed by atoms with Crippen LogP contribution in [-0.2, 0) is 23.8 Å². The summed E-state index contributed by atoms with van der Waals surface area (Å²) in [7, 11) is 3.06. The van der Waals surface area contributed by atoms with Crippen molar-refractivity contribution in [3.8, 4) is 28.3 Å². The van der Waals surface area contributed by atoms with Crippen LogP contribution in [0.15, 0.2) is 47.4 Å². The second kappa shape index (κ2) is 10.3. The third-order valence-electron chi connectivity index (χ3n) is 7.45. The third-order valence-corrected chi connectivity index (χ3v) is 7.45. The maximum absolute atomic E-state index is 14.3. The Labute approximate surface area is 224 Å². The topological polar surface area (TPSA) is 72.8 Å². The molecule has 0 radical (unpaired) electrons. The number of nitrogens with one attached hydrogen (secondary N) is 1. The molecule has 1 aromatic heterocycles. The van der Waals surface area contributed by atoms with Gasteiger partial charge in [0.25, 0.3) is 5.56 Å². The molecule has 1 N–H and O–H groups in total. The largest absolute Gasteiger partial charge is 0.497 e. The normalized spacial score (nSPS) is 16.8. The van der Waals surface area contributed by atoms with E-state index in [1.165, 1.54) is 39.5 Å². The summed E-state index contributed by atoms with van der Waals surface area (Å²) in [5.74, 6) is 0.922. The summed E-state index contributed by atoms with van der Waals surface area (Å²) in [4.78, 5) is 27.1. The average molecular weight is 542 g/mol. The van der Waals surface area contributed by atoms with E-state index in [4.69, 9.17) is 9.47 Å². The number of ether oxygens (including phenoxy) is 2. The number of hydrogen-bond donors (Lipinski definition) is 1. The van der Waals surface area contributed by atoms with Gasteiger partial charge in [-0.1, -0.05) is 0 Å². The van der Waals surface area contributed by atoms with Crippen LogP contribution in [-0.4, -0.2) is 43.8 Å². The maximum atomic E-state index is 14.3. The predicted octanol–water partition coefficient (Wildman–Crippen LogP) is 4.74. The van der Waals surface area contributed by atoms with Crippen molar-refractivity contribution in [1.29, 1.82) is 0 Å².